The van der Waals surface area contributed by atoms with Gasteiger partial charge in [0, 0.05) is 37.5 Å². The molecule has 5 heteroatoms. The van der Waals surface area contributed by atoms with Crippen LogP contribution in [0.4, 0.5) is 4.79 Å². The molecule has 1 aliphatic rings. The van der Waals surface area contributed by atoms with Crippen LogP contribution in [0.15, 0.2) is 24.5 Å². The zero-order valence-corrected chi connectivity index (χ0v) is 14.2. The van der Waals surface area contributed by atoms with Crippen LogP contribution in [0.2, 0.25) is 0 Å². The summed E-state index contributed by atoms with van der Waals surface area (Å²) in [5.41, 5.74) is 0.225. The lowest BCUT2D eigenvalue weighted by Gasteiger charge is -2.33. The monoisotopic (exact) mass is 318 g/mol. The third kappa shape index (κ3) is 5.66. The van der Waals surface area contributed by atoms with E-state index in [1.807, 2.05) is 20.8 Å². The Morgan fingerprint density at radius 1 is 1.30 bits per heavy atom. The van der Waals surface area contributed by atoms with Gasteiger partial charge in [-0.3, -0.25) is 9.78 Å². The van der Waals surface area contributed by atoms with E-state index in [1.165, 1.54) is 0 Å². The van der Waals surface area contributed by atoms with Crippen molar-refractivity contribution in [3.05, 3.63) is 30.1 Å². The Labute approximate surface area is 138 Å². The first-order chi connectivity index (χ1) is 10.8. The average Bonchev–Trinajstić information content (AvgIpc) is 2.52. The summed E-state index contributed by atoms with van der Waals surface area (Å²) in [4.78, 5) is 29.9. The van der Waals surface area contributed by atoms with Gasteiger partial charge in [-0.15, -0.1) is 0 Å². The van der Waals surface area contributed by atoms with Crippen molar-refractivity contribution in [3.63, 3.8) is 0 Å². The quantitative estimate of drug-likeness (QED) is 0.794. The molecule has 0 saturated carbocycles. The number of piperidine rings is 1. The topological polar surface area (TPSA) is 59.5 Å². The van der Waals surface area contributed by atoms with Crippen LogP contribution in [0.3, 0.4) is 0 Å². The molecule has 1 saturated heterocycles. The van der Waals surface area contributed by atoms with Gasteiger partial charge in [0.25, 0.3) is 0 Å². The van der Waals surface area contributed by atoms with Crippen LogP contribution < -0.4 is 0 Å². The SMILES string of the molecule is CC(C)(C)OC(=O)N1CCC(CCC(=O)c2cccnc2)CC1. The summed E-state index contributed by atoms with van der Waals surface area (Å²) in [5, 5.41) is 0. The van der Waals surface area contributed by atoms with Crippen molar-refractivity contribution in [3.8, 4) is 0 Å². The van der Waals surface area contributed by atoms with Gasteiger partial charge >= 0.3 is 6.09 Å². The third-order valence-corrected chi connectivity index (χ3v) is 4.03. The molecule has 1 fully saturated rings. The van der Waals surface area contributed by atoms with Crippen molar-refractivity contribution in [1.29, 1.82) is 0 Å². The first-order valence-corrected chi connectivity index (χ1v) is 8.26. The van der Waals surface area contributed by atoms with Gasteiger partial charge in [-0.25, -0.2) is 4.79 Å². The standard InChI is InChI=1S/C18H26N2O3/c1-18(2,3)23-17(22)20-11-8-14(9-12-20)6-7-16(21)15-5-4-10-19-13-15/h4-5,10,13-14H,6-9,11-12H2,1-3H3. The lowest BCUT2D eigenvalue weighted by atomic mass is 9.90. The number of likely N-dealkylation sites (tertiary alicyclic amines) is 1. The number of ether oxygens (including phenoxy) is 1. The van der Waals surface area contributed by atoms with Crippen LogP contribution in [0.1, 0.15) is 56.8 Å². The van der Waals surface area contributed by atoms with Crippen LogP contribution >= 0.6 is 0 Å². The van der Waals surface area contributed by atoms with Crippen molar-refractivity contribution in [2.24, 2.45) is 5.92 Å². The molecule has 1 aliphatic heterocycles. The van der Waals surface area contributed by atoms with Gasteiger partial charge in [0.15, 0.2) is 5.78 Å². The summed E-state index contributed by atoms with van der Waals surface area (Å²) in [6.45, 7) is 7.05. The zero-order valence-electron chi connectivity index (χ0n) is 14.2. The molecule has 1 aromatic rings. The molecule has 5 nitrogen and oxygen atoms in total. The Hall–Kier alpha value is -1.91. The summed E-state index contributed by atoms with van der Waals surface area (Å²) in [6, 6.07) is 3.59. The number of carbonyl (C=O) groups is 2. The summed E-state index contributed by atoms with van der Waals surface area (Å²) in [5.74, 6) is 0.641. The van der Waals surface area contributed by atoms with E-state index in [0.29, 0.717) is 31.0 Å². The highest BCUT2D eigenvalue weighted by Gasteiger charge is 2.27. The fraction of sp³-hybridized carbons (Fsp3) is 0.611. The molecule has 0 spiro atoms. The molecule has 23 heavy (non-hydrogen) atoms. The van der Waals surface area contributed by atoms with Crippen LogP contribution in [-0.4, -0.2) is 40.5 Å². The lowest BCUT2D eigenvalue weighted by molar-refractivity contribution is 0.0180. The second-order valence-corrected chi connectivity index (χ2v) is 7.11. The maximum Gasteiger partial charge on any atom is 0.410 e. The van der Waals surface area contributed by atoms with Crippen LogP contribution in [0.25, 0.3) is 0 Å². The Balaban J connectivity index is 1.73. The molecule has 0 aromatic carbocycles. The van der Waals surface area contributed by atoms with Gasteiger partial charge in [-0.05, 0) is 58.1 Å². The average molecular weight is 318 g/mol. The Bertz CT molecular complexity index is 529. The predicted octanol–water partition coefficient (Wildman–Crippen LogP) is 3.69. The number of hydrogen-bond donors (Lipinski definition) is 0. The van der Waals surface area contributed by atoms with E-state index in [4.69, 9.17) is 4.74 Å². The van der Waals surface area contributed by atoms with Gasteiger partial charge in [0.1, 0.15) is 5.60 Å². The second kappa shape index (κ2) is 7.57. The molecule has 1 amide bonds. The summed E-state index contributed by atoms with van der Waals surface area (Å²) >= 11 is 0. The minimum atomic E-state index is -0.454. The first kappa shape index (κ1) is 17.4. The van der Waals surface area contributed by atoms with E-state index in [9.17, 15) is 9.59 Å². The minimum Gasteiger partial charge on any atom is -0.444 e. The van der Waals surface area contributed by atoms with E-state index >= 15 is 0 Å². The number of nitrogens with zero attached hydrogens (tertiary/aromatic N) is 2. The molecule has 2 rings (SSSR count). The van der Waals surface area contributed by atoms with Crippen LogP contribution in [-0.2, 0) is 4.74 Å². The van der Waals surface area contributed by atoms with Gasteiger partial charge in [-0.1, -0.05) is 0 Å². The highest BCUT2D eigenvalue weighted by atomic mass is 16.6. The molecule has 1 aromatic heterocycles. The Morgan fingerprint density at radius 3 is 2.57 bits per heavy atom. The molecule has 0 bridgehead atoms. The Morgan fingerprint density at radius 2 is 2.00 bits per heavy atom. The summed E-state index contributed by atoms with van der Waals surface area (Å²) < 4.78 is 5.39. The predicted molar refractivity (Wildman–Crippen MR) is 88.3 cm³/mol. The van der Waals surface area contributed by atoms with Crippen molar-refractivity contribution < 1.29 is 14.3 Å². The van der Waals surface area contributed by atoms with Crippen molar-refractivity contribution >= 4 is 11.9 Å². The molecular formula is C18H26N2O3. The summed E-state index contributed by atoms with van der Waals surface area (Å²) in [6.07, 6.45) is 6.33. The van der Waals surface area contributed by atoms with Crippen molar-refractivity contribution in [1.82, 2.24) is 9.88 Å². The van der Waals surface area contributed by atoms with Gasteiger partial charge in [0.05, 0.1) is 0 Å². The number of pyridine rings is 1. The molecular weight excluding hydrogens is 292 g/mol. The van der Waals surface area contributed by atoms with Crippen molar-refractivity contribution in [2.45, 2.75) is 52.1 Å². The molecule has 126 valence electrons. The molecule has 0 aliphatic carbocycles. The Kier molecular flexibility index (Phi) is 5.74. The largest absolute Gasteiger partial charge is 0.444 e. The fourth-order valence-corrected chi connectivity index (χ4v) is 2.74. The van der Waals surface area contributed by atoms with Crippen LogP contribution in [0.5, 0.6) is 0 Å². The maximum atomic E-state index is 12.1. The number of amides is 1. The highest BCUT2D eigenvalue weighted by molar-refractivity contribution is 5.95. The van der Waals surface area contributed by atoms with E-state index in [-0.39, 0.29) is 11.9 Å². The normalized spacial score (nSPS) is 16.2. The molecule has 0 N–H and O–H groups in total. The van der Waals surface area contributed by atoms with Gasteiger partial charge < -0.3 is 9.64 Å². The van der Waals surface area contributed by atoms with E-state index in [1.54, 1.807) is 29.4 Å². The number of hydrogen-bond acceptors (Lipinski definition) is 4. The molecule has 2 heterocycles. The maximum absolute atomic E-state index is 12.1. The van der Waals surface area contributed by atoms with E-state index in [0.717, 1.165) is 19.3 Å². The zero-order chi connectivity index (χ0) is 16.9. The summed E-state index contributed by atoms with van der Waals surface area (Å²) in [7, 11) is 0. The molecule has 0 radical (unpaired) electrons. The third-order valence-electron chi connectivity index (χ3n) is 4.03. The van der Waals surface area contributed by atoms with Crippen LogP contribution in [0, 0.1) is 5.92 Å². The number of Topliss-reactive ketones (excluding diaryl/α,β-unsaturated/α-hetero) is 1. The van der Waals surface area contributed by atoms with Crippen molar-refractivity contribution in [2.75, 3.05) is 13.1 Å². The lowest BCUT2D eigenvalue weighted by Crippen LogP contribution is -2.41. The second-order valence-electron chi connectivity index (χ2n) is 7.11. The minimum absolute atomic E-state index is 0.146. The van der Waals surface area contributed by atoms with E-state index < -0.39 is 5.60 Å². The first-order valence-electron chi connectivity index (χ1n) is 8.26. The van der Waals surface area contributed by atoms with Gasteiger partial charge in [-0.2, -0.15) is 0 Å². The van der Waals surface area contributed by atoms with E-state index in [2.05, 4.69) is 4.98 Å². The molecule has 0 atom stereocenters. The number of aromatic nitrogens is 1. The number of ketones is 1. The number of rotatable bonds is 4. The number of carbonyl (C=O) groups excluding carboxylic acids is 2. The smallest absolute Gasteiger partial charge is 0.410 e. The highest BCUT2D eigenvalue weighted by Crippen LogP contribution is 2.24. The fourth-order valence-electron chi connectivity index (χ4n) is 2.74. The molecule has 0 unspecified atom stereocenters. The van der Waals surface area contributed by atoms with Gasteiger partial charge in [0.2, 0.25) is 0 Å².